The molecule has 0 bridgehead atoms. The molecule has 0 aliphatic carbocycles. The lowest BCUT2D eigenvalue weighted by Gasteiger charge is -2.14. The molecule has 1 aliphatic heterocycles. The first kappa shape index (κ1) is 33.1. The molecule has 0 unspecified atom stereocenters. The monoisotopic (exact) mass is 729 g/mol. The third kappa shape index (κ3) is 5.46. The fourth-order valence-corrected chi connectivity index (χ4v) is 9.01. The van der Waals surface area contributed by atoms with Gasteiger partial charge in [0.05, 0.1) is 27.8 Å². The van der Waals surface area contributed by atoms with E-state index >= 15 is 0 Å². The molecule has 0 spiro atoms. The number of para-hydroxylation sites is 3. The van der Waals surface area contributed by atoms with E-state index in [9.17, 15) is 0 Å². The molecule has 1 aliphatic rings. The van der Waals surface area contributed by atoms with E-state index in [0.717, 1.165) is 29.9 Å². The molecular formula is C54H39N3. The first-order chi connectivity index (χ1) is 28.2. The van der Waals surface area contributed by atoms with E-state index in [1.54, 1.807) is 0 Å². The maximum atomic E-state index is 5.61. The normalized spacial score (nSPS) is 13.0. The van der Waals surface area contributed by atoms with Crippen molar-refractivity contribution in [1.29, 1.82) is 0 Å². The average Bonchev–Trinajstić information content (AvgIpc) is 3.73. The molecule has 8 aromatic carbocycles. The molecule has 0 atom stereocenters. The molecule has 3 heteroatoms. The van der Waals surface area contributed by atoms with Crippen LogP contribution in [0.3, 0.4) is 0 Å². The highest BCUT2D eigenvalue weighted by Gasteiger charge is 2.23. The molecule has 270 valence electrons. The number of hydrogen-bond donors (Lipinski definition) is 0. The number of aliphatic imine (C=N–C) groups is 1. The van der Waals surface area contributed by atoms with E-state index in [-0.39, 0.29) is 0 Å². The van der Waals surface area contributed by atoms with Gasteiger partial charge in [-0.25, -0.2) is 4.99 Å². The fourth-order valence-electron chi connectivity index (χ4n) is 9.01. The minimum Gasteiger partial charge on any atom is -0.309 e. The predicted octanol–water partition coefficient (Wildman–Crippen LogP) is 13.9. The second-order valence-electron chi connectivity index (χ2n) is 15.0. The van der Waals surface area contributed by atoms with Gasteiger partial charge in [-0.2, -0.15) is 0 Å². The molecular weight excluding hydrogens is 691 g/mol. The Balaban J connectivity index is 1.01. The second-order valence-corrected chi connectivity index (χ2v) is 15.0. The van der Waals surface area contributed by atoms with Gasteiger partial charge in [0, 0.05) is 38.4 Å². The molecule has 3 heterocycles. The highest BCUT2D eigenvalue weighted by Crippen LogP contribution is 2.40. The van der Waals surface area contributed by atoms with Gasteiger partial charge in [-0.3, -0.25) is 4.57 Å². The molecule has 3 nitrogen and oxygen atoms in total. The Morgan fingerprint density at radius 2 is 0.912 bits per heavy atom. The summed E-state index contributed by atoms with van der Waals surface area (Å²) in [4.78, 5) is 5.61. The van der Waals surface area contributed by atoms with Crippen molar-refractivity contribution in [2.75, 3.05) is 0 Å². The molecule has 57 heavy (non-hydrogen) atoms. The van der Waals surface area contributed by atoms with E-state index < -0.39 is 0 Å². The number of benzene rings is 8. The number of rotatable bonds is 6. The maximum absolute atomic E-state index is 5.61. The SMILES string of the molecule is CCC1=C(n2c3ccccc3c3cc(-c4ccc(-c5ccc6c(c5)c5ccccc5n6-c5ccccc5)cc4)ccc32)N=C(c2ccccc2)c2ccccc2C1. The third-order valence-corrected chi connectivity index (χ3v) is 11.8. The van der Waals surface area contributed by atoms with Crippen molar-refractivity contribution in [3.8, 4) is 27.9 Å². The van der Waals surface area contributed by atoms with E-state index in [0.29, 0.717) is 0 Å². The molecule has 11 rings (SSSR count). The van der Waals surface area contributed by atoms with Crippen molar-refractivity contribution in [3.05, 3.63) is 216 Å². The largest absolute Gasteiger partial charge is 0.309 e. The molecule has 2 aromatic heterocycles. The number of allylic oxidation sites excluding steroid dienone is 1. The van der Waals surface area contributed by atoms with E-state index in [4.69, 9.17) is 4.99 Å². The Bertz CT molecular complexity index is 3210. The molecule has 0 N–H and O–H groups in total. The van der Waals surface area contributed by atoms with Crippen molar-refractivity contribution < 1.29 is 0 Å². The molecule has 0 saturated carbocycles. The quantitative estimate of drug-likeness (QED) is 0.163. The summed E-state index contributed by atoms with van der Waals surface area (Å²) in [6.45, 7) is 2.26. The zero-order valence-electron chi connectivity index (χ0n) is 31.7. The van der Waals surface area contributed by atoms with Crippen LogP contribution in [-0.2, 0) is 6.42 Å². The first-order valence-electron chi connectivity index (χ1n) is 19.9. The van der Waals surface area contributed by atoms with Crippen LogP contribution in [0.1, 0.15) is 30.0 Å². The van der Waals surface area contributed by atoms with Gasteiger partial charge in [0.1, 0.15) is 5.82 Å². The summed E-state index contributed by atoms with van der Waals surface area (Å²) in [7, 11) is 0. The van der Waals surface area contributed by atoms with Crippen LogP contribution < -0.4 is 0 Å². The van der Waals surface area contributed by atoms with Gasteiger partial charge in [-0.15, -0.1) is 0 Å². The Kier molecular flexibility index (Phi) is 7.85. The van der Waals surface area contributed by atoms with Gasteiger partial charge in [0.15, 0.2) is 0 Å². The highest BCUT2D eigenvalue weighted by molar-refractivity contribution is 6.17. The number of hydrogen-bond acceptors (Lipinski definition) is 1. The van der Waals surface area contributed by atoms with Crippen molar-refractivity contribution in [2.45, 2.75) is 19.8 Å². The van der Waals surface area contributed by atoms with E-state index in [1.807, 2.05) is 0 Å². The smallest absolute Gasteiger partial charge is 0.137 e. The molecule has 10 aromatic rings. The topological polar surface area (TPSA) is 22.2 Å². The van der Waals surface area contributed by atoms with Crippen LogP contribution in [0, 0.1) is 0 Å². The van der Waals surface area contributed by atoms with Gasteiger partial charge in [0.25, 0.3) is 0 Å². The summed E-state index contributed by atoms with van der Waals surface area (Å²) in [6, 6.07) is 70.5. The summed E-state index contributed by atoms with van der Waals surface area (Å²) >= 11 is 0. The summed E-state index contributed by atoms with van der Waals surface area (Å²) in [5, 5.41) is 4.99. The second kappa shape index (κ2) is 13.5. The molecule has 0 fully saturated rings. The predicted molar refractivity (Wildman–Crippen MR) is 240 cm³/mol. The summed E-state index contributed by atoms with van der Waals surface area (Å²) in [6.07, 6.45) is 1.78. The van der Waals surface area contributed by atoms with Crippen molar-refractivity contribution in [3.63, 3.8) is 0 Å². The maximum Gasteiger partial charge on any atom is 0.137 e. The molecule has 0 radical (unpaired) electrons. The van der Waals surface area contributed by atoms with Crippen molar-refractivity contribution >= 4 is 55.1 Å². The number of nitrogens with zero attached hydrogens (tertiary/aromatic N) is 3. The molecule has 0 amide bonds. The third-order valence-electron chi connectivity index (χ3n) is 11.8. The van der Waals surface area contributed by atoms with Crippen LogP contribution >= 0.6 is 0 Å². The first-order valence-corrected chi connectivity index (χ1v) is 19.9. The van der Waals surface area contributed by atoms with E-state index in [1.165, 1.54) is 88.3 Å². The lowest BCUT2D eigenvalue weighted by atomic mass is 9.94. The zero-order chi connectivity index (χ0) is 37.9. The van der Waals surface area contributed by atoms with Gasteiger partial charge >= 0.3 is 0 Å². The van der Waals surface area contributed by atoms with Crippen LogP contribution in [-0.4, -0.2) is 14.8 Å². The Hall–Kier alpha value is -7.23. The molecule has 0 saturated heterocycles. The Labute approximate surface area is 332 Å². The van der Waals surface area contributed by atoms with Crippen LogP contribution in [0.25, 0.3) is 77.4 Å². The van der Waals surface area contributed by atoms with Crippen LogP contribution in [0.15, 0.2) is 205 Å². The standard InChI is InChI=1S/C54H39N3/c1-2-36-33-42-17-9-10-20-44(42)53(39-15-5-3-6-16-39)55-54(36)57-50-24-14-12-22-46(50)48-35-41(30-32-52(48)57)38-27-25-37(26-28-38)40-29-31-51-47(34-40)45-21-11-13-23-49(45)56(51)43-18-7-4-8-19-43/h3-32,34-35H,2,33H2,1H3. The van der Waals surface area contributed by atoms with Gasteiger partial charge in [-0.05, 0) is 94.8 Å². The minimum absolute atomic E-state index is 0.863. The minimum atomic E-state index is 0.863. The summed E-state index contributed by atoms with van der Waals surface area (Å²) in [5.74, 6) is 1.03. The lowest BCUT2D eigenvalue weighted by molar-refractivity contribution is 0.976. The lowest BCUT2D eigenvalue weighted by Crippen LogP contribution is -2.06. The zero-order valence-corrected chi connectivity index (χ0v) is 31.7. The van der Waals surface area contributed by atoms with Crippen LogP contribution in [0.4, 0.5) is 0 Å². The van der Waals surface area contributed by atoms with Crippen LogP contribution in [0.5, 0.6) is 0 Å². The summed E-state index contributed by atoms with van der Waals surface area (Å²) in [5.41, 5.74) is 16.8. The van der Waals surface area contributed by atoms with Crippen molar-refractivity contribution in [1.82, 2.24) is 9.13 Å². The fraction of sp³-hybridized carbons (Fsp3) is 0.0556. The van der Waals surface area contributed by atoms with Gasteiger partial charge in [0.2, 0.25) is 0 Å². The Morgan fingerprint density at radius 3 is 1.54 bits per heavy atom. The van der Waals surface area contributed by atoms with E-state index in [2.05, 4.69) is 210 Å². The van der Waals surface area contributed by atoms with Crippen molar-refractivity contribution in [2.24, 2.45) is 4.99 Å². The number of fused-ring (bicyclic) bond motifs is 7. The number of aromatic nitrogens is 2. The highest BCUT2D eigenvalue weighted by atomic mass is 15.1. The Morgan fingerprint density at radius 1 is 0.421 bits per heavy atom. The van der Waals surface area contributed by atoms with Gasteiger partial charge < -0.3 is 4.57 Å². The average molecular weight is 730 g/mol. The van der Waals surface area contributed by atoms with Gasteiger partial charge in [-0.1, -0.05) is 153 Å². The van der Waals surface area contributed by atoms with Crippen LogP contribution in [0.2, 0.25) is 0 Å². The summed E-state index contributed by atoms with van der Waals surface area (Å²) < 4.78 is 4.78.